The molecular weight excluding hydrogens is 227 g/mol. The summed E-state index contributed by atoms with van der Waals surface area (Å²) in [5.41, 5.74) is 0. The number of nitrogens with one attached hydrogen (secondary N) is 1. The van der Waals surface area contributed by atoms with Gasteiger partial charge in [-0.05, 0) is 12.2 Å². The first-order valence-corrected chi connectivity index (χ1v) is 4.89. The van der Waals surface area contributed by atoms with Crippen LogP contribution < -0.4 is 29.6 Å². The molecule has 0 aromatic carbocycles. The number of aryl methyl sites for hydroxylation is 1. The third-order valence-electron chi connectivity index (χ3n) is 1.10. The Morgan fingerprint density at radius 3 is 2.62 bits per heavy atom. The molecule has 0 saturated heterocycles. The van der Waals surface area contributed by atoms with Crippen LogP contribution >= 0.6 is 12.2 Å². The van der Waals surface area contributed by atoms with Crippen LogP contribution in [0.25, 0.3) is 0 Å². The summed E-state index contributed by atoms with van der Waals surface area (Å²) in [6.45, 7) is -0.0440. The van der Waals surface area contributed by atoms with E-state index >= 15 is 0 Å². The number of tetrazole rings is 1. The molecule has 1 heterocycles. The minimum Gasteiger partial charge on any atom is -0.748 e. The Labute approximate surface area is 102 Å². The van der Waals surface area contributed by atoms with Crippen LogP contribution in [-0.2, 0) is 16.7 Å². The second kappa shape index (κ2) is 5.17. The first-order chi connectivity index (χ1) is 5.49. The van der Waals surface area contributed by atoms with Gasteiger partial charge in [-0.1, -0.05) is 10.3 Å². The fourth-order valence-electron chi connectivity index (χ4n) is 0.565. The summed E-state index contributed by atoms with van der Waals surface area (Å²) in [5, 5.41) is 9.03. The maximum atomic E-state index is 10.2. The molecule has 0 aliphatic heterocycles. The molecule has 0 fully saturated rings. The van der Waals surface area contributed by atoms with Gasteiger partial charge in [0.1, 0.15) is 0 Å². The first-order valence-electron chi connectivity index (χ1n) is 2.90. The standard InChI is InChI=1S/C3H6N4O3S2.Na/c8-12(9,10)2-1-7-3(11)4-5-6-7;/h1-2H2,(H,4,6,11)(H,8,9,10);/q;+1/p-1. The Morgan fingerprint density at radius 1 is 1.62 bits per heavy atom. The van der Waals surface area contributed by atoms with E-state index < -0.39 is 15.9 Å². The largest absolute Gasteiger partial charge is 1.00 e. The molecule has 0 aliphatic carbocycles. The number of aromatic amines is 1. The summed E-state index contributed by atoms with van der Waals surface area (Å²) in [6, 6.07) is 0. The molecule has 0 unspecified atom stereocenters. The normalized spacial score (nSPS) is 10.8. The second-order valence-corrected chi connectivity index (χ2v) is 3.88. The van der Waals surface area contributed by atoms with Crippen molar-refractivity contribution in [1.82, 2.24) is 20.2 Å². The number of aromatic nitrogens is 4. The number of hydrogen-bond acceptors (Lipinski definition) is 6. The molecule has 1 aromatic rings. The van der Waals surface area contributed by atoms with Gasteiger partial charge in [0.2, 0.25) is 4.77 Å². The van der Waals surface area contributed by atoms with Gasteiger partial charge in [-0.15, -0.1) is 0 Å². The Kier molecular flexibility index (Phi) is 5.25. The van der Waals surface area contributed by atoms with E-state index in [1.165, 1.54) is 4.68 Å². The summed E-state index contributed by atoms with van der Waals surface area (Å²) in [7, 11) is -4.21. The quantitative estimate of drug-likeness (QED) is 0.322. The SMILES string of the molecule is O=S(=O)([O-])CCn1[nH]nnc1=S.[Na+]. The van der Waals surface area contributed by atoms with E-state index in [4.69, 9.17) is 0 Å². The van der Waals surface area contributed by atoms with Crippen molar-refractivity contribution in [2.24, 2.45) is 0 Å². The molecule has 68 valence electrons. The fourth-order valence-corrected chi connectivity index (χ4v) is 1.14. The average molecular weight is 232 g/mol. The van der Waals surface area contributed by atoms with Gasteiger partial charge in [0.15, 0.2) is 0 Å². The summed E-state index contributed by atoms with van der Waals surface area (Å²) in [4.78, 5) is 0. The van der Waals surface area contributed by atoms with E-state index in [0.29, 0.717) is 0 Å². The van der Waals surface area contributed by atoms with Gasteiger partial charge in [0.05, 0.1) is 22.4 Å². The van der Waals surface area contributed by atoms with Crippen LogP contribution in [0.1, 0.15) is 0 Å². The second-order valence-electron chi connectivity index (χ2n) is 2.00. The maximum absolute atomic E-state index is 10.2. The van der Waals surface area contributed by atoms with Crippen molar-refractivity contribution >= 4 is 22.3 Å². The monoisotopic (exact) mass is 232 g/mol. The van der Waals surface area contributed by atoms with E-state index in [2.05, 4.69) is 27.7 Å². The van der Waals surface area contributed by atoms with Gasteiger partial charge >= 0.3 is 29.6 Å². The van der Waals surface area contributed by atoms with Gasteiger partial charge in [0, 0.05) is 0 Å². The van der Waals surface area contributed by atoms with E-state index in [9.17, 15) is 13.0 Å². The summed E-state index contributed by atoms with van der Waals surface area (Å²) >= 11 is 4.63. The Morgan fingerprint density at radius 2 is 2.23 bits per heavy atom. The smallest absolute Gasteiger partial charge is 0.748 e. The molecule has 1 aromatic heterocycles. The van der Waals surface area contributed by atoms with Gasteiger partial charge in [-0.2, -0.15) is 5.21 Å². The number of hydrogen-bond donors (Lipinski definition) is 1. The molecular formula is C3H5N4NaO3S2. The predicted molar refractivity (Wildman–Crippen MR) is 39.8 cm³/mol. The van der Waals surface area contributed by atoms with Gasteiger partial charge < -0.3 is 4.55 Å². The van der Waals surface area contributed by atoms with Crippen LogP contribution in [0.5, 0.6) is 0 Å². The molecule has 0 spiro atoms. The van der Waals surface area contributed by atoms with Crippen molar-refractivity contribution in [3.63, 3.8) is 0 Å². The van der Waals surface area contributed by atoms with Crippen molar-refractivity contribution in [3.8, 4) is 0 Å². The summed E-state index contributed by atoms with van der Waals surface area (Å²) in [5.74, 6) is -0.523. The van der Waals surface area contributed by atoms with Crippen molar-refractivity contribution in [3.05, 3.63) is 4.77 Å². The van der Waals surface area contributed by atoms with Crippen LogP contribution in [0.3, 0.4) is 0 Å². The molecule has 1 rings (SSSR count). The van der Waals surface area contributed by atoms with E-state index in [0.717, 1.165) is 0 Å². The molecule has 13 heavy (non-hydrogen) atoms. The summed E-state index contributed by atoms with van der Waals surface area (Å²) in [6.07, 6.45) is 0. The molecule has 0 bridgehead atoms. The molecule has 7 nitrogen and oxygen atoms in total. The molecule has 0 aliphatic rings. The van der Waals surface area contributed by atoms with Crippen LogP contribution in [0.2, 0.25) is 0 Å². The summed E-state index contributed by atoms with van der Waals surface area (Å²) < 4.78 is 31.9. The molecule has 10 heteroatoms. The van der Waals surface area contributed by atoms with Crippen molar-refractivity contribution in [2.75, 3.05) is 5.75 Å². The fraction of sp³-hybridized carbons (Fsp3) is 0.667. The first kappa shape index (κ1) is 13.2. The zero-order chi connectivity index (χ0) is 9.19. The van der Waals surface area contributed by atoms with Crippen LogP contribution in [0.4, 0.5) is 0 Å². The van der Waals surface area contributed by atoms with Crippen LogP contribution in [0.15, 0.2) is 0 Å². The molecule has 0 saturated carbocycles. The maximum Gasteiger partial charge on any atom is 1.00 e. The topological polar surface area (TPSA) is 104 Å². The Bertz CT molecular complexity index is 408. The minimum atomic E-state index is -4.21. The molecule has 0 atom stereocenters. The van der Waals surface area contributed by atoms with Gasteiger partial charge in [-0.3, -0.25) is 0 Å². The van der Waals surface area contributed by atoms with E-state index in [-0.39, 0.29) is 40.9 Å². The molecule has 0 amide bonds. The average Bonchev–Trinajstić information content (AvgIpc) is 2.29. The number of nitrogens with zero attached hydrogens (tertiary/aromatic N) is 3. The van der Waals surface area contributed by atoms with Gasteiger partial charge in [-0.25, -0.2) is 13.1 Å². The van der Waals surface area contributed by atoms with Gasteiger partial charge in [0.25, 0.3) is 0 Å². The molecule has 0 radical (unpaired) electrons. The zero-order valence-electron chi connectivity index (χ0n) is 6.80. The third kappa shape index (κ3) is 4.84. The van der Waals surface area contributed by atoms with Crippen LogP contribution in [0, 0.1) is 4.77 Å². The Balaban J connectivity index is 0.00000144. The third-order valence-corrected chi connectivity index (χ3v) is 2.08. The number of H-pyrrole nitrogens is 1. The number of rotatable bonds is 3. The van der Waals surface area contributed by atoms with Crippen molar-refractivity contribution in [2.45, 2.75) is 6.54 Å². The zero-order valence-corrected chi connectivity index (χ0v) is 10.4. The van der Waals surface area contributed by atoms with Crippen molar-refractivity contribution in [1.29, 1.82) is 0 Å². The minimum absolute atomic E-state index is 0. The molecule has 1 N–H and O–H groups in total. The Hall–Kier alpha value is 0.200. The van der Waals surface area contributed by atoms with E-state index in [1.54, 1.807) is 0 Å². The predicted octanol–water partition coefficient (Wildman–Crippen LogP) is -4.12. The van der Waals surface area contributed by atoms with Crippen molar-refractivity contribution < 1.29 is 42.5 Å². The van der Waals surface area contributed by atoms with E-state index in [1.807, 2.05) is 0 Å². The van der Waals surface area contributed by atoms with Crippen LogP contribution in [-0.4, -0.2) is 38.9 Å².